The quantitative estimate of drug-likeness (QED) is 0.0892. The minimum Gasteiger partial charge on any atom is -0.466 e. The summed E-state index contributed by atoms with van der Waals surface area (Å²) >= 11 is 0. The zero-order chi connectivity index (χ0) is 26.2. The zero-order valence-electron chi connectivity index (χ0n) is 21.9. The summed E-state index contributed by atoms with van der Waals surface area (Å²) in [5.41, 5.74) is 4.78. The predicted molar refractivity (Wildman–Crippen MR) is 151 cm³/mol. The molecule has 0 aliphatic carbocycles. The van der Waals surface area contributed by atoms with Gasteiger partial charge in [0.25, 0.3) is 0 Å². The van der Waals surface area contributed by atoms with Crippen molar-refractivity contribution in [3.05, 3.63) is 83.4 Å². The number of fused-ring (bicyclic) bond motifs is 3. The predicted octanol–water partition coefficient (Wildman–Crippen LogP) is 7.71. The van der Waals surface area contributed by atoms with Gasteiger partial charge in [0, 0.05) is 45.2 Å². The van der Waals surface area contributed by atoms with E-state index >= 15 is 0 Å². The van der Waals surface area contributed by atoms with E-state index in [2.05, 4.69) is 17.6 Å². The second-order valence-electron chi connectivity index (χ2n) is 9.51. The molecule has 1 aromatic heterocycles. The van der Waals surface area contributed by atoms with Crippen LogP contribution in [0.2, 0.25) is 0 Å². The van der Waals surface area contributed by atoms with Crippen LogP contribution in [0.1, 0.15) is 80.3 Å². The number of hydrogen-bond donors (Lipinski definition) is 1. The number of aryl methyl sites for hydroxylation is 1. The molecular formula is C32H36N2O3. The summed E-state index contributed by atoms with van der Waals surface area (Å²) in [7, 11) is 0. The summed E-state index contributed by atoms with van der Waals surface area (Å²) < 4.78 is 7.27. The van der Waals surface area contributed by atoms with Gasteiger partial charge in [0.15, 0.2) is 5.78 Å². The highest BCUT2D eigenvalue weighted by Gasteiger charge is 2.17. The van der Waals surface area contributed by atoms with Crippen molar-refractivity contribution in [2.45, 2.75) is 65.3 Å². The van der Waals surface area contributed by atoms with Gasteiger partial charge in [-0.05, 0) is 55.7 Å². The fourth-order valence-electron chi connectivity index (χ4n) is 4.92. The lowest BCUT2D eigenvalue weighted by molar-refractivity contribution is -0.143. The fourth-order valence-corrected chi connectivity index (χ4v) is 4.92. The van der Waals surface area contributed by atoms with Crippen LogP contribution in [0.15, 0.2) is 66.7 Å². The second-order valence-corrected chi connectivity index (χ2v) is 9.51. The van der Waals surface area contributed by atoms with E-state index in [9.17, 15) is 9.59 Å². The molecule has 0 aliphatic rings. The summed E-state index contributed by atoms with van der Waals surface area (Å²) in [6, 6.07) is 21.2. The molecule has 4 rings (SSSR count). The molecule has 0 unspecified atom stereocenters. The van der Waals surface area contributed by atoms with Crippen molar-refractivity contribution in [3.63, 3.8) is 0 Å². The number of nitrogens with one attached hydrogen (secondary N) is 1. The molecule has 0 bridgehead atoms. The van der Waals surface area contributed by atoms with E-state index in [4.69, 9.17) is 10.1 Å². The average Bonchev–Trinajstić information content (AvgIpc) is 3.24. The van der Waals surface area contributed by atoms with Gasteiger partial charge in [-0.25, -0.2) is 0 Å². The molecule has 0 atom stereocenters. The normalized spacial score (nSPS) is 11.2. The van der Waals surface area contributed by atoms with Crippen LogP contribution in [-0.4, -0.2) is 28.6 Å². The van der Waals surface area contributed by atoms with Crippen molar-refractivity contribution in [1.29, 1.82) is 5.41 Å². The molecule has 5 heteroatoms. The molecule has 3 aromatic carbocycles. The number of aromatic nitrogens is 1. The Morgan fingerprint density at radius 3 is 2.08 bits per heavy atom. The molecule has 0 saturated carbocycles. The van der Waals surface area contributed by atoms with Crippen LogP contribution in [0.3, 0.4) is 0 Å². The lowest BCUT2D eigenvalue weighted by atomic mass is 9.99. The Hall–Kier alpha value is -3.73. The number of hydrogen-bond acceptors (Lipinski definition) is 4. The second kappa shape index (κ2) is 12.5. The molecule has 1 N–H and O–H groups in total. The van der Waals surface area contributed by atoms with Gasteiger partial charge >= 0.3 is 5.97 Å². The summed E-state index contributed by atoms with van der Waals surface area (Å²) in [6.07, 6.45) is 6.87. The number of benzene rings is 3. The van der Waals surface area contributed by atoms with Crippen LogP contribution in [0.5, 0.6) is 0 Å². The van der Waals surface area contributed by atoms with E-state index < -0.39 is 0 Å². The van der Waals surface area contributed by atoms with Crippen molar-refractivity contribution in [2.75, 3.05) is 6.61 Å². The molecule has 5 nitrogen and oxygen atoms in total. The standard InChI is InChI=1S/C32H36N2O3/c1-3-5-6-7-11-14-28(33)24-15-17-29-26(21-24)27-22-25(32(36)23-12-9-8-10-13-23)16-18-30(27)34(29)20-19-31(35)37-4-2/h8-10,12-13,15-18,21-22,33H,3-7,11,14,19-20H2,1-2H3. The first-order chi connectivity index (χ1) is 18.0. The molecule has 0 aliphatic heterocycles. The number of ketones is 1. The maximum Gasteiger partial charge on any atom is 0.307 e. The fraction of sp³-hybridized carbons (Fsp3) is 0.344. The van der Waals surface area contributed by atoms with Gasteiger partial charge in [0.2, 0.25) is 0 Å². The molecule has 0 amide bonds. The molecule has 0 spiro atoms. The third kappa shape index (κ3) is 6.16. The number of esters is 1. The van der Waals surface area contributed by atoms with Crippen molar-refractivity contribution >= 4 is 39.3 Å². The van der Waals surface area contributed by atoms with E-state index in [0.29, 0.717) is 30.0 Å². The zero-order valence-corrected chi connectivity index (χ0v) is 21.9. The third-order valence-electron chi connectivity index (χ3n) is 6.89. The number of rotatable bonds is 13. The maximum atomic E-state index is 13.2. The van der Waals surface area contributed by atoms with Gasteiger partial charge < -0.3 is 14.7 Å². The van der Waals surface area contributed by atoms with E-state index in [0.717, 1.165) is 46.6 Å². The number of unbranched alkanes of at least 4 members (excludes halogenated alkanes) is 4. The SMILES string of the molecule is CCCCCCCC(=N)c1ccc2c(c1)c1cc(C(=O)c3ccccc3)ccc1n2CCC(=O)OCC. The molecule has 0 saturated heterocycles. The molecule has 0 radical (unpaired) electrons. The first-order valence-corrected chi connectivity index (χ1v) is 13.4. The Labute approximate surface area is 219 Å². The molecule has 37 heavy (non-hydrogen) atoms. The van der Waals surface area contributed by atoms with Crippen LogP contribution >= 0.6 is 0 Å². The van der Waals surface area contributed by atoms with Crippen LogP contribution < -0.4 is 0 Å². The largest absolute Gasteiger partial charge is 0.466 e. The van der Waals surface area contributed by atoms with E-state index in [1.54, 1.807) is 0 Å². The van der Waals surface area contributed by atoms with Crippen molar-refractivity contribution in [2.24, 2.45) is 0 Å². The Morgan fingerprint density at radius 1 is 0.757 bits per heavy atom. The minimum atomic E-state index is -0.227. The van der Waals surface area contributed by atoms with E-state index in [1.165, 1.54) is 19.3 Å². The van der Waals surface area contributed by atoms with Gasteiger partial charge in [-0.3, -0.25) is 9.59 Å². The topological polar surface area (TPSA) is 72.2 Å². The van der Waals surface area contributed by atoms with Gasteiger partial charge in [0.1, 0.15) is 0 Å². The molecular weight excluding hydrogens is 460 g/mol. The molecule has 192 valence electrons. The van der Waals surface area contributed by atoms with Crippen molar-refractivity contribution < 1.29 is 14.3 Å². The van der Waals surface area contributed by atoms with Crippen LogP contribution in [-0.2, 0) is 16.1 Å². The van der Waals surface area contributed by atoms with Crippen molar-refractivity contribution in [1.82, 2.24) is 4.57 Å². The Morgan fingerprint density at radius 2 is 1.41 bits per heavy atom. The first-order valence-electron chi connectivity index (χ1n) is 13.4. The summed E-state index contributed by atoms with van der Waals surface area (Å²) in [5, 5.41) is 10.6. The summed E-state index contributed by atoms with van der Waals surface area (Å²) in [4.78, 5) is 25.3. The third-order valence-corrected chi connectivity index (χ3v) is 6.89. The lowest BCUT2D eigenvalue weighted by Crippen LogP contribution is -2.09. The minimum absolute atomic E-state index is 0.0223. The van der Waals surface area contributed by atoms with Crippen molar-refractivity contribution in [3.8, 4) is 0 Å². The van der Waals surface area contributed by atoms with Crippen LogP contribution in [0.4, 0.5) is 0 Å². The number of carbonyl (C=O) groups is 2. The lowest BCUT2D eigenvalue weighted by Gasteiger charge is -2.09. The average molecular weight is 497 g/mol. The van der Waals surface area contributed by atoms with Gasteiger partial charge in [-0.2, -0.15) is 0 Å². The Kier molecular flexibility index (Phi) is 8.89. The van der Waals surface area contributed by atoms with Crippen LogP contribution in [0.25, 0.3) is 21.8 Å². The van der Waals surface area contributed by atoms with Gasteiger partial charge in [-0.1, -0.05) is 69.0 Å². The Balaban J connectivity index is 1.71. The summed E-state index contributed by atoms with van der Waals surface area (Å²) in [6.45, 7) is 4.86. The van der Waals surface area contributed by atoms with E-state index in [1.807, 2.05) is 67.6 Å². The van der Waals surface area contributed by atoms with E-state index in [-0.39, 0.29) is 18.2 Å². The smallest absolute Gasteiger partial charge is 0.307 e. The molecule has 1 heterocycles. The van der Waals surface area contributed by atoms with Gasteiger partial charge in [0.05, 0.1) is 13.0 Å². The Bertz CT molecular complexity index is 1400. The molecule has 4 aromatic rings. The van der Waals surface area contributed by atoms with Gasteiger partial charge in [-0.15, -0.1) is 0 Å². The highest BCUT2D eigenvalue weighted by molar-refractivity contribution is 6.15. The monoisotopic (exact) mass is 496 g/mol. The number of ether oxygens (including phenoxy) is 1. The highest BCUT2D eigenvalue weighted by Crippen LogP contribution is 2.32. The highest BCUT2D eigenvalue weighted by atomic mass is 16.5. The number of carbonyl (C=O) groups excluding carboxylic acids is 2. The maximum absolute atomic E-state index is 13.2. The number of nitrogens with zero attached hydrogens (tertiary/aromatic N) is 1. The van der Waals surface area contributed by atoms with Crippen LogP contribution in [0, 0.1) is 5.41 Å². The first kappa shape index (κ1) is 26.3. The summed E-state index contributed by atoms with van der Waals surface area (Å²) in [5.74, 6) is -0.249. The molecule has 0 fully saturated rings.